The molecular formula is C19H15N3O6S. The molecule has 3 heterocycles. The summed E-state index contributed by atoms with van der Waals surface area (Å²) in [5.41, 5.74) is -0.0160. The third-order valence-corrected chi connectivity index (χ3v) is 5.50. The van der Waals surface area contributed by atoms with Crippen molar-refractivity contribution >= 4 is 16.9 Å². The molecule has 0 aliphatic heterocycles. The standard InChI is InChI=1S/C19H15N3O6S/c23-7-12-2-1-11(4-13(12)24)15-3-10(8-29-15)5-21-9-20-22-6-14(25)17(26)18(27)16(22)19(21)28/h1-4,6,8-9,23-25,27H,5,7H2. The molecule has 0 spiro atoms. The fourth-order valence-electron chi connectivity index (χ4n) is 2.94. The minimum absolute atomic E-state index is 0.000863. The van der Waals surface area contributed by atoms with Crippen molar-refractivity contribution in [3.05, 3.63) is 73.9 Å². The van der Waals surface area contributed by atoms with Crippen molar-refractivity contribution in [2.45, 2.75) is 13.2 Å². The molecule has 10 heteroatoms. The van der Waals surface area contributed by atoms with Gasteiger partial charge in [-0.2, -0.15) is 5.10 Å². The maximum absolute atomic E-state index is 12.7. The first-order valence-electron chi connectivity index (χ1n) is 8.42. The number of aromatic nitrogens is 3. The molecule has 0 saturated heterocycles. The van der Waals surface area contributed by atoms with Gasteiger partial charge in [-0.3, -0.25) is 14.2 Å². The van der Waals surface area contributed by atoms with E-state index in [0.29, 0.717) is 5.56 Å². The second-order valence-electron chi connectivity index (χ2n) is 6.37. The van der Waals surface area contributed by atoms with Gasteiger partial charge in [0.1, 0.15) is 12.1 Å². The topological polar surface area (TPSA) is 137 Å². The van der Waals surface area contributed by atoms with E-state index in [4.69, 9.17) is 5.11 Å². The number of nitrogens with zero attached hydrogens (tertiary/aromatic N) is 3. The zero-order chi connectivity index (χ0) is 20.7. The van der Waals surface area contributed by atoms with E-state index in [1.54, 1.807) is 18.2 Å². The van der Waals surface area contributed by atoms with E-state index in [-0.39, 0.29) is 24.4 Å². The highest BCUT2D eigenvalue weighted by atomic mass is 32.1. The Kier molecular flexibility index (Phi) is 4.57. The number of hydrogen-bond donors (Lipinski definition) is 4. The van der Waals surface area contributed by atoms with E-state index in [9.17, 15) is 24.9 Å². The van der Waals surface area contributed by atoms with Crippen LogP contribution in [0.3, 0.4) is 0 Å². The number of rotatable bonds is 4. The van der Waals surface area contributed by atoms with Gasteiger partial charge in [-0.1, -0.05) is 12.1 Å². The average molecular weight is 413 g/mol. The van der Waals surface area contributed by atoms with Gasteiger partial charge in [-0.15, -0.1) is 11.3 Å². The Morgan fingerprint density at radius 2 is 1.86 bits per heavy atom. The molecule has 0 fully saturated rings. The summed E-state index contributed by atoms with van der Waals surface area (Å²) in [5.74, 6) is -1.57. The molecule has 3 aromatic heterocycles. The Morgan fingerprint density at radius 1 is 1.07 bits per heavy atom. The van der Waals surface area contributed by atoms with Gasteiger partial charge in [0.25, 0.3) is 11.0 Å². The molecule has 4 rings (SSSR count). The van der Waals surface area contributed by atoms with E-state index >= 15 is 0 Å². The summed E-state index contributed by atoms with van der Waals surface area (Å²) in [6, 6.07) is 6.82. The predicted molar refractivity (Wildman–Crippen MR) is 105 cm³/mol. The summed E-state index contributed by atoms with van der Waals surface area (Å²) in [7, 11) is 0. The SMILES string of the molecule is O=c1c(O)cn2ncn(Cc3csc(-c4ccc(CO)c(O)c4)c3)c(=O)c2c1O. The minimum Gasteiger partial charge on any atom is -0.508 e. The van der Waals surface area contributed by atoms with Gasteiger partial charge < -0.3 is 20.4 Å². The Balaban J connectivity index is 1.70. The number of benzene rings is 1. The number of pyridine rings is 1. The van der Waals surface area contributed by atoms with Crippen LogP contribution >= 0.6 is 11.3 Å². The number of phenols is 1. The maximum Gasteiger partial charge on any atom is 0.282 e. The van der Waals surface area contributed by atoms with Crippen molar-refractivity contribution in [3.8, 4) is 27.7 Å². The number of aliphatic hydroxyl groups excluding tert-OH is 1. The van der Waals surface area contributed by atoms with Crippen molar-refractivity contribution in [2.75, 3.05) is 0 Å². The zero-order valence-corrected chi connectivity index (χ0v) is 15.6. The van der Waals surface area contributed by atoms with Gasteiger partial charge in [0.2, 0.25) is 0 Å². The molecule has 0 aliphatic carbocycles. The molecule has 0 atom stereocenters. The molecule has 29 heavy (non-hydrogen) atoms. The van der Waals surface area contributed by atoms with Crippen LogP contribution in [0.4, 0.5) is 0 Å². The number of hydrogen-bond acceptors (Lipinski definition) is 8. The van der Waals surface area contributed by atoms with Crippen LogP contribution in [0.2, 0.25) is 0 Å². The largest absolute Gasteiger partial charge is 0.508 e. The molecule has 148 valence electrons. The molecule has 0 saturated carbocycles. The number of aromatic hydroxyl groups is 3. The van der Waals surface area contributed by atoms with Crippen molar-refractivity contribution in [2.24, 2.45) is 0 Å². The van der Waals surface area contributed by atoms with Crippen LogP contribution < -0.4 is 11.0 Å². The Labute approximate surface area is 166 Å². The molecule has 4 aromatic rings. The molecule has 0 amide bonds. The fourth-order valence-corrected chi connectivity index (χ4v) is 3.85. The Morgan fingerprint density at radius 3 is 2.59 bits per heavy atom. The second-order valence-corrected chi connectivity index (χ2v) is 7.28. The zero-order valence-electron chi connectivity index (χ0n) is 14.8. The molecule has 0 radical (unpaired) electrons. The smallest absolute Gasteiger partial charge is 0.282 e. The number of fused-ring (bicyclic) bond motifs is 1. The summed E-state index contributed by atoms with van der Waals surface area (Å²) in [6.07, 6.45) is 2.21. The van der Waals surface area contributed by atoms with Gasteiger partial charge in [0, 0.05) is 10.4 Å². The van der Waals surface area contributed by atoms with Crippen LogP contribution in [0.1, 0.15) is 11.1 Å². The molecule has 4 N–H and O–H groups in total. The van der Waals surface area contributed by atoms with E-state index in [2.05, 4.69) is 5.10 Å². The lowest BCUT2D eigenvalue weighted by molar-refractivity contribution is 0.275. The molecule has 1 aromatic carbocycles. The van der Waals surface area contributed by atoms with E-state index in [1.165, 1.54) is 22.2 Å². The summed E-state index contributed by atoms with van der Waals surface area (Å²) < 4.78 is 2.19. The quantitative estimate of drug-likeness (QED) is 0.395. The molecule has 9 nitrogen and oxygen atoms in total. The Bertz CT molecular complexity index is 1350. The van der Waals surface area contributed by atoms with Gasteiger partial charge in [0.05, 0.1) is 19.3 Å². The van der Waals surface area contributed by atoms with Crippen molar-refractivity contribution in [1.82, 2.24) is 14.2 Å². The monoisotopic (exact) mass is 413 g/mol. The van der Waals surface area contributed by atoms with Crippen LogP contribution in [0.5, 0.6) is 17.2 Å². The lowest BCUT2D eigenvalue weighted by Gasteiger charge is -2.07. The van der Waals surface area contributed by atoms with Gasteiger partial charge in [0.15, 0.2) is 17.0 Å². The van der Waals surface area contributed by atoms with Crippen LogP contribution in [0.15, 0.2) is 51.8 Å². The van der Waals surface area contributed by atoms with E-state index in [1.807, 2.05) is 11.4 Å². The third kappa shape index (κ3) is 3.24. The molecule has 0 bridgehead atoms. The first kappa shape index (κ1) is 18.7. The average Bonchev–Trinajstić information content (AvgIpc) is 3.17. The van der Waals surface area contributed by atoms with Crippen LogP contribution in [-0.4, -0.2) is 34.6 Å². The molecular weight excluding hydrogens is 398 g/mol. The highest BCUT2D eigenvalue weighted by Crippen LogP contribution is 2.31. The minimum atomic E-state index is -1.04. The van der Waals surface area contributed by atoms with E-state index < -0.39 is 22.5 Å². The van der Waals surface area contributed by atoms with Gasteiger partial charge in [-0.05, 0) is 28.6 Å². The maximum atomic E-state index is 12.7. The van der Waals surface area contributed by atoms with Crippen molar-refractivity contribution < 1.29 is 20.4 Å². The van der Waals surface area contributed by atoms with Crippen molar-refractivity contribution in [1.29, 1.82) is 0 Å². The van der Waals surface area contributed by atoms with Gasteiger partial charge >= 0.3 is 0 Å². The second kappa shape index (κ2) is 7.08. The van der Waals surface area contributed by atoms with Crippen LogP contribution in [0, 0.1) is 0 Å². The first-order valence-corrected chi connectivity index (χ1v) is 9.30. The van der Waals surface area contributed by atoms with Crippen LogP contribution in [0.25, 0.3) is 16.0 Å². The lowest BCUT2D eigenvalue weighted by atomic mass is 10.1. The number of thiophene rings is 1. The molecule has 0 aliphatic rings. The lowest BCUT2D eigenvalue weighted by Crippen LogP contribution is -2.25. The fraction of sp³-hybridized carbons (Fsp3) is 0.105. The highest BCUT2D eigenvalue weighted by molar-refractivity contribution is 7.13. The normalized spacial score (nSPS) is 11.2. The van der Waals surface area contributed by atoms with Gasteiger partial charge in [-0.25, -0.2) is 4.52 Å². The number of aliphatic hydroxyl groups is 1. The van der Waals surface area contributed by atoms with Crippen LogP contribution in [-0.2, 0) is 13.2 Å². The summed E-state index contributed by atoms with van der Waals surface area (Å²) in [6.45, 7) is -0.110. The summed E-state index contributed by atoms with van der Waals surface area (Å²) in [5, 5.41) is 44.3. The van der Waals surface area contributed by atoms with Crippen molar-refractivity contribution in [3.63, 3.8) is 0 Å². The third-order valence-electron chi connectivity index (χ3n) is 4.47. The summed E-state index contributed by atoms with van der Waals surface area (Å²) >= 11 is 1.41. The first-order chi connectivity index (χ1) is 13.9. The Hall–Kier alpha value is -3.63. The molecule has 0 unspecified atom stereocenters. The van der Waals surface area contributed by atoms with E-state index in [0.717, 1.165) is 26.7 Å². The summed E-state index contributed by atoms with van der Waals surface area (Å²) in [4.78, 5) is 25.2. The highest BCUT2D eigenvalue weighted by Gasteiger charge is 2.15. The predicted octanol–water partition coefficient (Wildman–Crippen LogP) is 1.24.